The van der Waals surface area contributed by atoms with Crippen molar-refractivity contribution in [3.63, 3.8) is 0 Å². The number of aryl methyl sites for hydroxylation is 1. The molecule has 4 rings (SSSR count). The monoisotopic (exact) mass is 326 g/mol. The van der Waals surface area contributed by atoms with Crippen LogP contribution in [0.1, 0.15) is 81.4 Å². The van der Waals surface area contributed by atoms with Gasteiger partial charge in [0, 0.05) is 11.8 Å². The van der Waals surface area contributed by atoms with E-state index >= 15 is 0 Å². The molecule has 2 nitrogen and oxygen atoms in total. The van der Waals surface area contributed by atoms with E-state index in [2.05, 4.69) is 32.9 Å². The Morgan fingerprint density at radius 1 is 1.17 bits per heavy atom. The highest BCUT2D eigenvalue weighted by Gasteiger charge is 2.54. The summed E-state index contributed by atoms with van der Waals surface area (Å²) in [6.07, 6.45) is 6.60. The minimum Gasteiger partial charge on any atom is -0.496 e. The fraction of sp³-hybridized carbons (Fsp3) is 0.682. The Morgan fingerprint density at radius 2 is 1.96 bits per heavy atom. The van der Waals surface area contributed by atoms with Crippen molar-refractivity contribution < 1.29 is 9.53 Å². The van der Waals surface area contributed by atoms with Gasteiger partial charge in [-0.1, -0.05) is 26.8 Å². The zero-order valence-corrected chi connectivity index (χ0v) is 15.5. The van der Waals surface area contributed by atoms with Gasteiger partial charge in [-0.2, -0.15) is 0 Å². The van der Waals surface area contributed by atoms with Crippen molar-refractivity contribution in [2.75, 3.05) is 7.11 Å². The first-order valence-electron chi connectivity index (χ1n) is 9.69. The molecule has 0 saturated heterocycles. The number of benzene rings is 1. The molecule has 0 amide bonds. The number of ether oxygens (including phenoxy) is 1. The highest BCUT2D eigenvalue weighted by Crippen LogP contribution is 2.59. The van der Waals surface area contributed by atoms with Crippen molar-refractivity contribution in [1.82, 2.24) is 0 Å². The number of carbonyl (C=O) groups is 1. The quantitative estimate of drug-likeness (QED) is 0.742. The van der Waals surface area contributed by atoms with E-state index in [-0.39, 0.29) is 5.41 Å². The van der Waals surface area contributed by atoms with E-state index in [9.17, 15) is 4.79 Å². The lowest BCUT2D eigenvalue weighted by atomic mass is 9.55. The minimum atomic E-state index is -0.0218. The molecule has 0 aliphatic heterocycles. The molecule has 0 heterocycles. The Bertz CT molecular complexity index is 675. The Balaban J connectivity index is 1.74. The number of fused-ring (bicyclic) bond motifs is 5. The second kappa shape index (κ2) is 5.61. The van der Waals surface area contributed by atoms with Crippen LogP contribution in [0.4, 0.5) is 0 Å². The molecule has 3 aliphatic carbocycles. The van der Waals surface area contributed by atoms with Gasteiger partial charge in [0.15, 0.2) is 0 Å². The molecule has 0 radical (unpaired) electrons. The molecular weight excluding hydrogens is 296 g/mol. The molecule has 2 heteroatoms. The molecule has 130 valence electrons. The van der Waals surface area contributed by atoms with Gasteiger partial charge in [0.25, 0.3) is 0 Å². The molecule has 0 N–H and O–H groups in total. The summed E-state index contributed by atoms with van der Waals surface area (Å²) in [5.41, 5.74) is 4.38. The first-order valence-corrected chi connectivity index (χ1v) is 9.69. The van der Waals surface area contributed by atoms with Crippen molar-refractivity contribution in [2.24, 2.45) is 17.3 Å². The lowest BCUT2D eigenvalue weighted by Gasteiger charge is -2.48. The van der Waals surface area contributed by atoms with E-state index < -0.39 is 0 Å². The second-order valence-corrected chi connectivity index (χ2v) is 8.78. The van der Waals surface area contributed by atoms with Crippen molar-refractivity contribution in [3.05, 3.63) is 28.8 Å². The zero-order valence-electron chi connectivity index (χ0n) is 15.5. The van der Waals surface area contributed by atoms with Crippen LogP contribution in [0.5, 0.6) is 5.75 Å². The third-order valence-corrected chi connectivity index (χ3v) is 7.41. The maximum atomic E-state index is 12.5. The molecule has 4 atom stereocenters. The summed E-state index contributed by atoms with van der Waals surface area (Å²) in [4.78, 5) is 12.5. The molecule has 0 bridgehead atoms. The van der Waals surface area contributed by atoms with Crippen LogP contribution < -0.4 is 4.74 Å². The Morgan fingerprint density at radius 3 is 2.67 bits per heavy atom. The Labute approximate surface area is 146 Å². The molecular formula is C22H30O2. The summed E-state index contributed by atoms with van der Waals surface area (Å²) in [5.74, 6) is 4.04. The first kappa shape index (κ1) is 16.2. The minimum absolute atomic E-state index is 0.0218. The van der Waals surface area contributed by atoms with E-state index in [1.165, 1.54) is 24.0 Å². The molecule has 1 aromatic rings. The highest BCUT2D eigenvalue weighted by atomic mass is 16.5. The number of hydrogen-bond acceptors (Lipinski definition) is 2. The van der Waals surface area contributed by atoms with Crippen LogP contribution in [-0.4, -0.2) is 12.9 Å². The summed E-state index contributed by atoms with van der Waals surface area (Å²) < 4.78 is 5.66. The molecule has 0 unspecified atom stereocenters. The van der Waals surface area contributed by atoms with Crippen LogP contribution >= 0.6 is 0 Å². The standard InChI is InChI=1S/C22H30O2/c1-13(2)17-12-18-14(11-20(17)24-4)5-6-16-15(18)9-10-22(3)19(16)7-8-21(22)23/h11-13,15-16,19H,5-10H2,1-4H3/t15-,16+,19-,22-/m0/s1. The van der Waals surface area contributed by atoms with E-state index in [1.807, 2.05) is 0 Å². The molecule has 0 spiro atoms. The maximum absolute atomic E-state index is 12.5. The van der Waals surface area contributed by atoms with Gasteiger partial charge in [-0.05, 0) is 78.5 Å². The summed E-state index contributed by atoms with van der Waals surface area (Å²) in [7, 11) is 1.79. The van der Waals surface area contributed by atoms with E-state index in [4.69, 9.17) is 4.74 Å². The highest BCUT2D eigenvalue weighted by molar-refractivity contribution is 5.87. The van der Waals surface area contributed by atoms with Gasteiger partial charge in [0.05, 0.1) is 7.11 Å². The van der Waals surface area contributed by atoms with E-state index in [1.54, 1.807) is 12.7 Å². The molecule has 24 heavy (non-hydrogen) atoms. The third kappa shape index (κ3) is 2.18. The molecule has 2 fully saturated rings. The van der Waals surface area contributed by atoms with Crippen molar-refractivity contribution >= 4 is 5.78 Å². The van der Waals surface area contributed by atoms with Gasteiger partial charge in [0.1, 0.15) is 11.5 Å². The predicted molar refractivity (Wildman–Crippen MR) is 96.7 cm³/mol. The smallest absolute Gasteiger partial charge is 0.139 e. The Hall–Kier alpha value is -1.31. The van der Waals surface area contributed by atoms with Gasteiger partial charge in [-0.25, -0.2) is 0 Å². The SMILES string of the molecule is COc1cc2c(cc1C(C)C)[C@H]1CC[C@]3(C)C(=O)CC[C@H]3[C@@H]1CC2. The maximum Gasteiger partial charge on any atom is 0.139 e. The average molecular weight is 326 g/mol. The van der Waals surface area contributed by atoms with Crippen LogP contribution in [0.2, 0.25) is 0 Å². The number of hydrogen-bond donors (Lipinski definition) is 0. The number of Topliss-reactive ketones (excluding diaryl/α,β-unsaturated/α-hetero) is 1. The van der Waals surface area contributed by atoms with Crippen molar-refractivity contribution in [2.45, 2.75) is 71.1 Å². The lowest BCUT2D eigenvalue weighted by molar-refractivity contribution is -0.129. The van der Waals surface area contributed by atoms with E-state index in [0.717, 1.165) is 31.4 Å². The molecule has 3 aliphatic rings. The van der Waals surface area contributed by atoms with Crippen molar-refractivity contribution in [1.29, 1.82) is 0 Å². The van der Waals surface area contributed by atoms with Crippen LogP contribution in [-0.2, 0) is 11.2 Å². The fourth-order valence-corrected chi connectivity index (χ4v) is 6.02. The average Bonchev–Trinajstić information content (AvgIpc) is 2.88. The summed E-state index contributed by atoms with van der Waals surface area (Å²) >= 11 is 0. The van der Waals surface area contributed by atoms with Gasteiger partial charge in [-0.15, -0.1) is 0 Å². The van der Waals surface area contributed by atoms with Crippen LogP contribution in [0, 0.1) is 17.3 Å². The molecule has 1 aromatic carbocycles. The second-order valence-electron chi connectivity index (χ2n) is 8.78. The number of methoxy groups -OCH3 is 1. The van der Waals surface area contributed by atoms with E-state index in [0.29, 0.717) is 29.5 Å². The number of ketones is 1. The largest absolute Gasteiger partial charge is 0.496 e. The summed E-state index contributed by atoms with van der Waals surface area (Å²) in [6, 6.07) is 4.74. The van der Waals surface area contributed by atoms with Crippen LogP contribution in [0.25, 0.3) is 0 Å². The third-order valence-electron chi connectivity index (χ3n) is 7.41. The number of rotatable bonds is 2. The number of carbonyl (C=O) groups excluding carboxylic acids is 1. The first-order chi connectivity index (χ1) is 11.5. The zero-order chi connectivity index (χ0) is 17.1. The predicted octanol–water partition coefficient (Wildman–Crippen LogP) is 5.24. The Kier molecular flexibility index (Phi) is 3.78. The van der Waals surface area contributed by atoms with Gasteiger partial charge >= 0.3 is 0 Å². The topological polar surface area (TPSA) is 26.3 Å². The van der Waals surface area contributed by atoms with Crippen molar-refractivity contribution in [3.8, 4) is 5.75 Å². The molecule has 2 saturated carbocycles. The lowest BCUT2D eigenvalue weighted by Crippen LogP contribution is -2.42. The van der Waals surface area contributed by atoms with Gasteiger partial charge in [0.2, 0.25) is 0 Å². The summed E-state index contributed by atoms with van der Waals surface area (Å²) in [5, 5.41) is 0. The fourth-order valence-electron chi connectivity index (χ4n) is 6.02. The van der Waals surface area contributed by atoms with Crippen LogP contribution in [0.15, 0.2) is 12.1 Å². The van der Waals surface area contributed by atoms with Gasteiger partial charge in [-0.3, -0.25) is 4.79 Å². The van der Waals surface area contributed by atoms with Crippen LogP contribution in [0.3, 0.4) is 0 Å². The molecule has 0 aromatic heterocycles. The van der Waals surface area contributed by atoms with Gasteiger partial charge < -0.3 is 4.74 Å². The summed E-state index contributed by atoms with van der Waals surface area (Å²) in [6.45, 7) is 6.75. The normalized spacial score (nSPS) is 34.7.